The van der Waals surface area contributed by atoms with E-state index in [4.69, 9.17) is 9.84 Å². The Hall–Kier alpha value is -1.32. The van der Waals surface area contributed by atoms with Gasteiger partial charge in [-0.2, -0.15) is 0 Å². The van der Waals surface area contributed by atoms with Crippen LogP contribution in [0.15, 0.2) is 12.2 Å². The molecule has 1 fully saturated rings. The first-order valence-electron chi connectivity index (χ1n) is 3.80. The molecule has 0 aromatic heterocycles. The van der Waals surface area contributed by atoms with Gasteiger partial charge in [0.05, 0.1) is 11.8 Å². The molecule has 0 saturated carbocycles. The van der Waals surface area contributed by atoms with Crippen molar-refractivity contribution >= 4 is 11.9 Å². The van der Waals surface area contributed by atoms with E-state index in [0.717, 1.165) is 0 Å². The Labute approximate surface area is 68.8 Å². The first kappa shape index (κ1) is 7.34. The van der Waals surface area contributed by atoms with Crippen LogP contribution in [0.3, 0.4) is 0 Å². The minimum Gasteiger partial charge on any atom is -0.481 e. The predicted octanol–water partition coefficient (Wildman–Crippen LogP) is 0.189. The number of carboxylic acid groups (broad SMARTS) is 1. The van der Waals surface area contributed by atoms with Crippen LogP contribution < -0.4 is 0 Å². The molecule has 4 heteroatoms. The van der Waals surface area contributed by atoms with E-state index in [0.29, 0.717) is 6.42 Å². The molecule has 4 nitrogen and oxygen atoms in total. The lowest BCUT2D eigenvalue weighted by Crippen LogP contribution is -2.43. The Bertz CT molecular complexity index is 268. The van der Waals surface area contributed by atoms with E-state index in [1.54, 1.807) is 12.2 Å². The van der Waals surface area contributed by atoms with Crippen LogP contribution in [0.5, 0.6) is 0 Å². The van der Waals surface area contributed by atoms with Gasteiger partial charge in [-0.3, -0.25) is 9.59 Å². The molecule has 3 atom stereocenters. The molecule has 2 heterocycles. The lowest BCUT2D eigenvalue weighted by molar-refractivity contribution is -0.168. The summed E-state index contributed by atoms with van der Waals surface area (Å²) < 4.78 is 4.85. The molecule has 3 aliphatic rings. The number of hydrogen-bond acceptors (Lipinski definition) is 3. The van der Waals surface area contributed by atoms with Crippen LogP contribution in [0.25, 0.3) is 0 Å². The molecule has 2 aliphatic heterocycles. The second kappa shape index (κ2) is 2.33. The minimum atomic E-state index is -0.887. The van der Waals surface area contributed by atoms with Gasteiger partial charge in [-0.25, -0.2) is 0 Å². The molecule has 1 saturated heterocycles. The highest BCUT2D eigenvalue weighted by atomic mass is 16.5. The van der Waals surface area contributed by atoms with Crippen LogP contribution >= 0.6 is 0 Å². The maximum Gasteiger partial charge on any atom is 0.313 e. The molecule has 64 valence electrons. The Kier molecular flexibility index (Phi) is 1.43. The zero-order valence-electron chi connectivity index (χ0n) is 6.27. The third-order valence-corrected chi connectivity index (χ3v) is 2.31. The number of rotatable bonds is 1. The van der Waals surface area contributed by atoms with Gasteiger partial charge < -0.3 is 9.84 Å². The number of ether oxygens (including phenoxy) is 1. The SMILES string of the molecule is O=C1OC2C=CC1CC2C(=O)O. The first-order valence-corrected chi connectivity index (χ1v) is 3.80. The van der Waals surface area contributed by atoms with E-state index in [2.05, 4.69) is 0 Å². The molecular weight excluding hydrogens is 160 g/mol. The number of fused-ring (bicyclic) bond motifs is 2. The number of hydrogen-bond donors (Lipinski definition) is 1. The largest absolute Gasteiger partial charge is 0.481 e. The van der Waals surface area contributed by atoms with E-state index in [-0.39, 0.29) is 11.9 Å². The molecule has 1 aliphatic carbocycles. The highest BCUT2D eigenvalue weighted by Gasteiger charge is 2.42. The second-order valence-electron chi connectivity index (χ2n) is 3.07. The van der Waals surface area contributed by atoms with Gasteiger partial charge in [-0.15, -0.1) is 0 Å². The summed E-state index contributed by atoms with van der Waals surface area (Å²) in [6, 6.07) is 0. The third kappa shape index (κ3) is 0.913. The van der Waals surface area contributed by atoms with Crippen LogP contribution in [-0.2, 0) is 14.3 Å². The van der Waals surface area contributed by atoms with Gasteiger partial charge in [0.2, 0.25) is 0 Å². The summed E-state index contributed by atoms with van der Waals surface area (Å²) in [4.78, 5) is 21.6. The van der Waals surface area contributed by atoms with Crippen molar-refractivity contribution in [3.63, 3.8) is 0 Å². The van der Waals surface area contributed by atoms with E-state index >= 15 is 0 Å². The molecule has 3 unspecified atom stereocenters. The van der Waals surface area contributed by atoms with Crippen molar-refractivity contribution in [2.45, 2.75) is 12.5 Å². The van der Waals surface area contributed by atoms with Gasteiger partial charge in [-0.05, 0) is 12.5 Å². The normalized spacial score (nSPS) is 38.0. The summed E-state index contributed by atoms with van der Waals surface area (Å²) in [5.41, 5.74) is 0. The van der Waals surface area contributed by atoms with E-state index in [9.17, 15) is 9.59 Å². The Morgan fingerprint density at radius 1 is 1.58 bits per heavy atom. The summed E-state index contributed by atoms with van der Waals surface area (Å²) in [6.07, 6.45) is 3.24. The number of carbonyl (C=O) groups is 2. The number of aliphatic carboxylic acids is 1. The summed E-state index contributed by atoms with van der Waals surface area (Å²) in [5.74, 6) is -2.06. The van der Waals surface area contributed by atoms with Gasteiger partial charge in [0.25, 0.3) is 0 Å². The predicted molar refractivity (Wildman–Crippen MR) is 38.3 cm³/mol. The monoisotopic (exact) mass is 168 g/mol. The average molecular weight is 168 g/mol. The summed E-state index contributed by atoms with van der Waals surface area (Å²) in [6.45, 7) is 0. The zero-order chi connectivity index (χ0) is 8.72. The van der Waals surface area contributed by atoms with Crippen LogP contribution in [0.4, 0.5) is 0 Å². The summed E-state index contributed by atoms with van der Waals surface area (Å²) in [7, 11) is 0. The van der Waals surface area contributed by atoms with Crippen molar-refractivity contribution < 1.29 is 19.4 Å². The van der Waals surface area contributed by atoms with Crippen molar-refractivity contribution in [1.82, 2.24) is 0 Å². The number of carbonyl (C=O) groups excluding carboxylic acids is 1. The van der Waals surface area contributed by atoms with Crippen molar-refractivity contribution in [2.75, 3.05) is 0 Å². The topological polar surface area (TPSA) is 63.6 Å². The maximum absolute atomic E-state index is 11.0. The zero-order valence-corrected chi connectivity index (χ0v) is 6.27. The number of esters is 1. The van der Waals surface area contributed by atoms with E-state index in [1.807, 2.05) is 0 Å². The van der Waals surface area contributed by atoms with Crippen molar-refractivity contribution in [3.05, 3.63) is 12.2 Å². The third-order valence-electron chi connectivity index (χ3n) is 2.31. The van der Waals surface area contributed by atoms with Gasteiger partial charge >= 0.3 is 11.9 Å². The highest BCUT2D eigenvalue weighted by molar-refractivity contribution is 5.81. The summed E-state index contributed by atoms with van der Waals surface area (Å²) >= 11 is 0. The standard InChI is InChI=1S/C8H8O4/c9-7(10)5-3-4-1-2-6(5)12-8(4)11/h1-2,4-6H,3H2,(H,9,10). The Morgan fingerprint density at radius 3 is 2.75 bits per heavy atom. The molecular formula is C8H8O4. The lowest BCUT2D eigenvalue weighted by Gasteiger charge is -2.34. The van der Waals surface area contributed by atoms with Gasteiger partial charge in [0.1, 0.15) is 6.10 Å². The highest BCUT2D eigenvalue weighted by Crippen LogP contribution is 2.32. The Balaban J connectivity index is 2.24. The molecule has 0 spiro atoms. The molecule has 12 heavy (non-hydrogen) atoms. The lowest BCUT2D eigenvalue weighted by atomic mass is 9.82. The average Bonchev–Trinajstić information content (AvgIpc) is 2.04. The molecule has 3 rings (SSSR count). The smallest absolute Gasteiger partial charge is 0.313 e. The van der Waals surface area contributed by atoms with E-state index in [1.165, 1.54) is 0 Å². The van der Waals surface area contributed by atoms with Crippen LogP contribution in [-0.4, -0.2) is 23.1 Å². The van der Waals surface area contributed by atoms with Gasteiger partial charge in [-0.1, -0.05) is 6.08 Å². The second-order valence-corrected chi connectivity index (χ2v) is 3.07. The van der Waals surface area contributed by atoms with Crippen molar-refractivity contribution in [2.24, 2.45) is 11.8 Å². The van der Waals surface area contributed by atoms with Crippen molar-refractivity contribution in [3.8, 4) is 0 Å². The van der Waals surface area contributed by atoms with E-state index < -0.39 is 18.0 Å². The van der Waals surface area contributed by atoms with Gasteiger partial charge in [0.15, 0.2) is 0 Å². The summed E-state index contributed by atoms with van der Waals surface area (Å²) in [5, 5.41) is 8.72. The molecule has 0 aromatic carbocycles. The quantitative estimate of drug-likeness (QED) is 0.448. The van der Waals surface area contributed by atoms with Crippen LogP contribution in [0.1, 0.15) is 6.42 Å². The number of carboxylic acids is 1. The van der Waals surface area contributed by atoms with Crippen LogP contribution in [0.2, 0.25) is 0 Å². The maximum atomic E-state index is 11.0. The molecule has 0 amide bonds. The molecule has 0 radical (unpaired) electrons. The Morgan fingerprint density at radius 2 is 2.33 bits per heavy atom. The fourth-order valence-electron chi connectivity index (χ4n) is 1.62. The first-order chi connectivity index (χ1) is 5.68. The van der Waals surface area contributed by atoms with Crippen molar-refractivity contribution in [1.29, 1.82) is 0 Å². The molecule has 0 aromatic rings. The van der Waals surface area contributed by atoms with Gasteiger partial charge in [0, 0.05) is 0 Å². The molecule has 1 N–H and O–H groups in total. The van der Waals surface area contributed by atoms with Crippen LogP contribution in [0, 0.1) is 11.8 Å². The fraction of sp³-hybridized carbons (Fsp3) is 0.500. The molecule has 2 bridgehead atoms. The fourth-order valence-corrected chi connectivity index (χ4v) is 1.62. The minimum absolute atomic E-state index is 0.292.